The van der Waals surface area contributed by atoms with Gasteiger partial charge in [-0.25, -0.2) is 0 Å². The Morgan fingerprint density at radius 3 is 2.64 bits per heavy atom. The first-order chi connectivity index (χ1) is 18.8. The second-order valence-corrected chi connectivity index (χ2v) is 12.0. The Balaban J connectivity index is 1.21. The lowest BCUT2D eigenvalue weighted by molar-refractivity contribution is 0.0483. The van der Waals surface area contributed by atoms with Crippen LogP contribution < -0.4 is 15.6 Å². The first kappa shape index (κ1) is 26.3. The summed E-state index contributed by atoms with van der Waals surface area (Å²) in [5, 5.41) is 3.52. The summed E-state index contributed by atoms with van der Waals surface area (Å²) >= 11 is 0. The van der Waals surface area contributed by atoms with Crippen LogP contribution in [0.4, 0.5) is 0 Å². The largest absolute Gasteiger partial charge is 0.496 e. The van der Waals surface area contributed by atoms with Gasteiger partial charge in [0.25, 0.3) is 5.56 Å². The Morgan fingerprint density at radius 2 is 1.87 bits per heavy atom. The molecule has 206 valence electrons. The Bertz CT molecular complexity index is 1470. The number of pyridine rings is 1. The number of methoxy groups -OCH3 is 1. The van der Waals surface area contributed by atoms with E-state index < -0.39 is 0 Å². The van der Waals surface area contributed by atoms with E-state index in [4.69, 9.17) is 4.74 Å². The van der Waals surface area contributed by atoms with Gasteiger partial charge in [-0.1, -0.05) is 24.3 Å². The zero-order chi connectivity index (χ0) is 27.3. The van der Waals surface area contributed by atoms with Crippen molar-refractivity contribution in [2.24, 2.45) is 7.05 Å². The number of hydrogen-bond acceptors (Lipinski definition) is 5. The fourth-order valence-electron chi connectivity index (χ4n) is 6.88. The van der Waals surface area contributed by atoms with Gasteiger partial charge >= 0.3 is 0 Å². The van der Waals surface area contributed by atoms with Crippen LogP contribution in [0.25, 0.3) is 11.1 Å². The molecule has 39 heavy (non-hydrogen) atoms. The van der Waals surface area contributed by atoms with Gasteiger partial charge in [0.1, 0.15) is 5.75 Å². The minimum atomic E-state index is 0.0638. The Labute approximate surface area is 232 Å². The molecule has 0 bridgehead atoms. The van der Waals surface area contributed by atoms with Gasteiger partial charge in [-0.15, -0.1) is 0 Å². The topological polar surface area (TPSA) is 49.7 Å². The minimum Gasteiger partial charge on any atom is -0.496 e. The number of nitrogens with one attached hydrogen (secondary N) is 1. The average molecular weight is 527 g/mol. The molecular weight excluding hydrogens is 484 g/mol. The molecule has 2 fully saturated rings. The SMILES string of the molecule is COc1cc(-c2cn(C)c(=O)c(C)c2C)cc(C)c1CN1CCN(Cc2cccc3c2CCNC3)C2(CC2)C1. The second-order valence-electron chi connectivity index (χ2n) is 12.0. The predicted molar refractivity (Wildman–Crippen MR) is 157 cm³/mol. The quantitative estimate of drug-likeness (QED) is 0.513. The Morgan fingerprint density at radius 1 is 1.05 bits per heavy atom. The molecule has 6 nitrogen and oxygen atoms in total. The molecule has 1 aliphatic carbocycles. The van der Waals surface area contributed by atoms with Gasteiger partial charge in [0.05, 0.1) is 7.11 Å². The Kier molecular flexibility index (Phi) is 6.90. The first-order valence-corrected chi connectivity index (χ1v) is 14.4. The third-order valence-electron chi connectivity index (χ3n) is 9.58. The van der Waals surface area contributed by atoms with Crippen LogP contribution in [-0.4, -0.2) is 53.2 Å². The van der Waals surface area contributed by atoms with E-state index in [-0.39, 0.29) is 5.56 Å². The molecular formula is C33H42N4O2. The summed E-state index contributed by atoms with van der Waals surface area (Å²) in [6.07, 6.45) is 5.68. The van der Waals surface area contributed by atoms with Crippen LogP contribution >= 0.6 is 0 Å². The molecule has 0 atom stereocenters. The van der Waals surface area contributed by atoms with E-state index >= 15 is 0 Å². The van der Waals surface area contributed by atoms with E-state index in [1.165, 1.54) is 35.1 Å². The maximum absolute atomic E-state index is 12.4. The molecule has 1 spiro atoms. The highest BCUT2D eigenvalue weighted by atomic mass is 16.5. The molecule has 0 amide bonds. The first-order valence-electron chi connectivity index (χ1n) is 14.4. The van der Waals surface area contributed by atoms with Gasteiger partial charge in [0.2, 0.25) is 0 Å². The van der Waals surface area contributed by atoms with Crippen LogP contribution in [0, 0.1) is 20.8 Å². The molecule has 6 heteroatoms. The van der Waals surface area contributed by atoms with Crippen molar-refractivity contribution in [1.82, 2.24) is 19.7 Å². The zero-order valence-corrected chi connectivity index (χ0v) is 24.2. The third kappa shape index (κ3) is 4.83. The second kappa shape index (κ2) is 10.2. The summed E-state index contributed by atoms with van der Waals surface area (Å²) in [4.78, 5) is 17.8. The van der Waals surface area contributed by atoms with Gasteiger partial charge in [-0.2, -0.15) is 0 Å². The van der Waals surface area contributed by atoms with E-state index in [2.05, 4.69) is 52.4 Å². The molecule has 3 aliphatic rings. The van der Waals surface area contributed by atoms with Crippen molar-refractivity contribution in [2.45, 2.75) is 65.2 Å². The smallest absolute Gasteiger partial charge is 0.253 e. The molecule has 1 aromatic heterocycles. The number of nitrogens with zero attached hydrogens (tertiary/aromatic N) is 3. The van der Waals surface area contributed by atoms with Crippen molar-refractivity contribution in [3.8, 4) is 16.9 Å². The maximum atomic E-state index is 12.4. The number of piperazine rings is 1. The van der Waals surface area contributed by atoms with Crippen LogP contribution in [-0.2, 0) is 33.1 Å². The van der Waals surface area contributed by atoms with Crippen molar-refractivity contribution in [2.75, 3.05) is 33.3 Å². The molecule has 0 radical (unpaired) electrons. The van der Waals surface area contributed by atoms with Gasteiger partial charge < -0.3 is 14.6 Å². The monoisotopic (exact) mass is 526 g/mol. The van der Waals surface area contributed by atoms with Crippen LogP contribution in [0.5, 0.6) is 5.75 Å². The molecule has 1 saturated heterocycles. The summed E-state index contributed by atoms with van der Waals surface area (Å²) in [6, 6.07) is 11.3. The summed E-state index contributed by atoms with van der Waals surface area (Å²) in [7, 11) is 3.60. The van der Waals surface area contributed by atoms with Gasteiger partial charge in [-0.05, 0) is 86.0 Å². The molecule has 3 aromatic rings. The number of aromatic nitrogens is 1. The number of fused-ring (bicyclic) bond motifs is 1. The lowest BCUT2D eigenvalue weighted by Crippen LogP contribution is -2.54. The number of ether oxygens (including phenoxy) is 1. The molecule has 1 N–H and O–H groups in total. The molecule has 0 unspecified atom stereocenters. The van der Waals surface area contributed by atoms with Crippen molar-refractivity contribution in [3.05, 3.63) is 85.8 Å². The zero-order valence-electron chi connectivity index (χ0n) is 24.2. The number of aryl methyl sites for hydroxylation is 2. The third-order valence-corrected chi connectivity index (χ3v) is 9.58. The average Bonchev–Trinajstić information content (AvgIpc) is 3.71. The minimum absolute atomic E-state index is 0.0638. The Hall–Kier alpha value is -2.93. The fraction of sp³-hybridized carbons (Fsp3) is 0.485. The molecule has 1 saturated carbocycles. The summed E-state index contributed by atoms with van der Waals surface area (Å²) < 4.78 is 7.65. The highest BCUT2D eigenvalue weighted by Crippen LogP contribution is 2.46. The lowest BCUT2D eigenvalue weighted by atomic mass is 9.94. The summed E-state index contributed by atoms with van der Waals surface area (Å²) in [6.45, 7) is 13.5. The standard InChI is InChI=1S/C33H42N4O2/c1-22-15-27(30-19-35(4)32(38)24(3)23(30)2)16-31(39-5)29(22)20-36-13-14-37(33(21-36)10-11-33)18-26-8-6-7-25-17-34-12-9-28(25)26/h6-8,15-16,19,34H,9-14,17-18,20-21H2,1-5H3. The number of benzene rings is 2. The predicted octanol–water partition coefficient (Wildman–Crippen LogP) is 4.48. The van der Waals surface area contributed by atoms with Crippen molar-refractivity contribution >= 4 is 0 Å². The number of rotatable bonds is 6. The van der Waals surface area contributed by atoms with Gasteiger partial charge in [0, 0.05) is 74.7 Å². The molecule has 3 heterocycles. The van der Waals surface area contributed by atoms with Gasteiger partial charge in [-0.3, -0.25) is 14.6 Å². The maximum Gasteiger partial charge on any atom is 0.253 e. The highest BCUT2D eigenvalue weighted by molar-refractivity contribution is 5.71. The molecule has 6 rings (SSSR count). The van der Waals surface area contributed by atoms with E-state index in [1.54, 1.807) is 17.2 Å². The van der Waals surface area contributed by atoms with Crippen molar-refractivity contribution in [1.29, 1.82) is 0 Å². The summed E-state index contributed by atoms with van der Waals surface area (Å²) in [5.74, 6) is 0.938. The van der Waals surface area contributed by atoms with E-state index in [0.29, 0.717) is 5.54 Å². The fourth-order valence-corrected chi connectivity index (χ4v) is 6.88. The van der Waals surface area contributed by atoms with Crippen molar-refractivity contribution < 1.29 is 4.74 Å². The molecule has 2 aromatic carbocycles. The van der Waals surface area contributed by atoms with Crippen LogP contribution in [0.2, 0.25) is 0 Å². The normalized spacial score (nSPS) is 18.8. The van der Waals surface area contributed by atoms with Gasteiger partial charge in [0.15, 0.2) is 0 Å². The number of hydrogen-bond donors (Lipinski definition) is 1. The molecule has 2 aliphatic heterocycles. The van der Waals surface area contributed by atoms with Crippen LogP contribution in [0.1, 0.15) is 51.8 Å². The van der Waals surface area contributed by atoms with E-state index in [9.17, 15) is 4.79 Å². The van der Waals surface area contributed by atoms with Crippen LogP contribution in [0.15, 0.2) is 41.3 Å². The highest BCUT2D eigenvalue weighted by Gasteiger charge is 2.51. The van der Waals surface area contributed by atoms with E-state index in [1.807, 2.05) is 27.1 Å². The van der Waals surface area contributed by atoms with Crippen molar-refractivity contribution in [3.63, 3.8) is 0 Å². The van der Waals surface area contributed by atoms with E-state index in [0.717, 1.165) is 80.2 Å². The summed E-state index contributed by atoms with van der Waals surface area (Å²) in [5.41, 5.74) is 11.5. The lowest BCUT2D eigenvalue weighted by Gasteiger charge is -2.43. The van der Waals surface area contributed by atoms with Crippen LogP contribution in [0.3, 0.4) is 0 Å².